The standard InChI is InChI=1S/C8H18N/c1-4-5-6-9-7-8(2)3/h8H,4-7H2,1-3H3. The monoisotopic (exact) mass is 128 g/mol. The molecule has 9 heavy (non-hydrogen) atoms. The largest absolute Gasteiger partial charge is 0.242 e. The van der Waals surface area contributed by atoms with Crippen LogP contribution in [0.1, 0.15) is 33.6 Å². The molecule has 0 atom stereocenters. The van der Waals surface area contributed by atoms with E-state index in [1.807, 2.05) is 0 Å². The number of nitrogens with zero attached hydrogens (tertiary/aromatic N) is 1. The van der Waals surface area contributed by atoms with Gasteiger partial charge in [-0.05, 0) is 12.3 Å². The summed E-state index contributed by atoms with van der Waals surface area (Å²) in [6, 6.07) is 0. The maximum atomic E-state index is 4.36. The van der Waals surface area contributed by atoms with Gasteiger partial charge >= 0.3 is 0 Å². The van der Waals surface area contributed by atoms with Crippen LogP contribution in [-0.4, -0.2) is 13.1 Å². The van der Waals surface area contributed by atoms with Crippen LogP contribution in [0.5, 0.6) is 0 Å². The van der Waals surface area contributed by atoms with Crippen molar-refractivity contribution in [2.75, 3.05) is 13.1 Å². The summed E-state index contributed by atoms with van der Waals surface area (Å²) in [6.45, 7) is 8.71. The third kappa shape index (κ3) is 7.96. The van der Waals surface area contributed by atoms with Gasteiger partial charge in [-0.2, -0.15) is 0 Å². The molecule has 0 aromatic carbocycles. The molecule has 0 rings (SSSR count). The van der Waals surface area contributed by atoms with Crippen LogP contribution in [0.25, 0.3) is 0 Å². The van der Waals surface area contributed by atoms with Gasteiger partial charge in [-0.1, -0.05) is 27.2 Å². The first-order valence-electron chi connectivity index (χ1n) is 3.90. The van der Waals surface area contributed by atoms with Crippen molar-refractivity contribution in [1.29, 1.82) is 0 Å². The normalized spacial score (nSPS) is 10.7. The fourth-order valence-electron chi connectivity index (χ4n) is 0.619. The minimum atomic E-state index is 0.738. The Bertz CT molecular complexity index is 50.5. The molecule has 1 radical (unpaired) electrons. The average Bonchev–Trinajstić information content (AvgIpc) is 1.80. The molecule has 0 heterocycles. The van der Waals surface area contributed by atoms with E-state index >= 15 is 0 Å². The highest BCUT2D eigenvalue weighted by atomic mass is 14.8. The number of hydrogen-bond acceptors (Lipinski definition) is 0. The van der Waals surface area contributed by atoms with Crippen LogP contribution in [0.3, 0.4) is 0 Å². The van der Waals surface area contributed by atoms with Crippen molar-refractivity contribution in [3.05, 3.63) is 0 Å². The second-order valence-electron chi connectivity index (χ2n) is 2.88. The molecule has 0 spiro atoms. The van der Waals surface area contributed by atoms with Crippen LogP contribution in [0.15, 0.2) is 0 Å². The van der Waals surface area contributed by atoms with Crippen molar-refractivity contribution in [1.82, 2.24) is 5.32 Å². The van der Waals surface area contributed by atoms with Gasteiger partial charge in [0.25, 0.3) is 0 Å². The minimum Gasteiger partial charge on any atom is -0.242 e. The van der Waals surface area contributed by atoms with Crippen molar-refractivity contribution < 1.29 is 0 Å². The predicted molar refractivity (Wildman–Crippen MR) is 41.6 cm³/mol. The van der Waals surface area contributed by atoms with Crippen molar-refractivity contribution in [2.24, 2.45) is 5.92 Å². The topological polar surface area (TPSA) is 14.1 Å². The summed E-state index contributed by atoms with van der Waals surface area (Å²) in [6.07, 6.45) is 2.52. The van der Waals surface area contributed by atoms with E-state index < -0.39 is 0 Å². The molecule has 0 aliphatic carbocycles. The molecular weight excluding hydrogens is 110 g/mol. The molecular formula is C8H18N. The van der Waals surface area contributed by atoms with E-state index in [0.29, 0.717) is 0 Å². The molecule has 55 valence electrons. The molecule has 0 saturated carbocycles. The molecule has 0 bridgehead atoms. The van der Waals surface area contributed by atoms with Gasteiger partial charge in [0.2, 0.25) is 0 Å². The molecule has 0 aliphatic rings. The Morgan fingerprint density at radius 1 is 1.33 bits per heavy atom. The second-order valence-corrected chi connectivity index (χ2v) is 2.88. The summed E-state index contributed by atoms with van der Waals surface area (Å²) in [5.41, 5.74) is 0. The lowest BCUT2D eigenvalue weighted by Gasteiger charge is -2.02. The van der Waals surface area contributed by atoms with E-state index in [4.69, 9.17) is 0 Å². The molecule has 0 fully saturated rings. The predicted octanol–water partition coefficient (Wildman–Crippen LogP) is 2.05. The first-order chi connectivity index (χ1) is 4.27. The highest BCUT2D eigenvalue weighted by Gasteiger charge is 1.91. The minimum absolute atomic E-state index is 0.738. The Kier molecular flexibility index (Phi) is 6.06. The molecule has 0 saturated heterocycles. The van der Waals surface area contributed by atoms with E-state index in [2.05, 4.69) is 26.1 Å². The van der Waals surface area contributed by atoms with E-state index in [1.165, 1.54) is 12.8 Å². The summed E-state index contributed by atoms with van der Waals surface area (Å²) >= 11 is 0. The summed E-state index contributed by atoms with van der Waals surface area (Å²) in [7, 11) is 0. The van der Waals surface area contributed by atoms with Gasteiger partial charge in [0, 0.05) is 13.1 Å². The van der Waals surface area contributed by atoms with Gasteiger partial charge in [-0.3, -0.25) is 0 Å². The van der Waals surface area contributed by atoms with Crippen molar-refractivity contribution in [2.45, 2.75) is 33.6 Å². The summed E-state index contributed by atoms with van der Waals surface area (Å²) in [4.78, 5) is 0. The highest BCUT2D eigenvalue weighted by Crippen LogP contribution is 1.89. The molecule has 1 nitrogen and oxygen atoms in total. The lowest BCUT2D eigenvalue weighted by Crippen LogP contribution is -2.12. The maximum Gasteiger partial charge on any atom is 0.0156 e. The fourth-order valence-corrected chi connectivity index (χ4v) is 0.619. The van der Waals surface area contributed by atoms with Crippen LogP contribution in [0.2, 0.25) is 0 Å². The van der Waals surface area contributed by atoms with Crippen LogP contribution in [0.4, 0.5) is 0 Å². The van der Waals surface area contributed by atoms with E-state index in [9.17, 15) is 0 Å². The Hall–Kier alpha value is -0.0400. The number of hydrogen-bond donors (Lipinski definition) is 0. The van der Waals surface area contributed by atoms with Crippen molar-refractivity contribution in [3.63, 3.8) is 0 Å². The zero-order chi connectivity index (χ0) is 7.11. The Morgan fingerprint density at radius 2 is 2.00 bits per heavy atom. The van der Waals surface area contributed by atoms with E-state index in [-0.39, 0.29) is 0 Å². The maximum absolute atomic E-state index is 4.36. The van der Waals surface area contributed by atoms with Crippen molar-refractivity contribution >= 4 is 0 Å². The highest BCUT2D eigenvalue weighted by molar-refractivity contribution is 4.49. The lowest BCUT2D eigenvalue weighted by atomic mass is 10.2. The molecule has 0 aromatic heterocycles. The zero-order valence-electron chi connectivity index (χ0n) is 6.85. The van der Waals surface area contributed by atoms with Crippen LogP contribution in [-0.2, 0) is 0 Å². The van der Waals surface area contributed by atoms with E-state index in [0.717, 1.165) is 19.0 Å². The molecule has 0 N–H and O–H groups in total. The van der Waals surface area contributed by atoms with Gasteiger partial charge < -0.3 is 0 Å². The van der Waals surface area contributed by atoms with Crippen LogP contribution >= 0.6 is 0 Å². The molecule has 1 heteroatoms. The Balaban J connectivity index is 2.75. The first kappa shape index (κ1) is 8.96. The number of unbranched alkanes of at least 4 members (excludes halogenated alkanes) is 1. The molecule has 0 aliphatic heterocycles. The smallest absolute Gasteiger partial charge is 0.0156 e. The molecule has 0 aromatic rings. The van der Waals surface area contributed by atoms with Crippen LogP contribution in [0, 0.1) is 5.92 Å². The van der Waals surface area contributed by atoms with Gasteiger partial charge in [0.15, 0.2) is 0 Å². The quantitative estimate of drug-likeness (QED) is 0.503. The third-order valence-corrected chi connectivity index (χ3v) is 1.16. The fraction of sp³-hybridized carbons (Fsp3) is 1.00. The first-order valence-corrected chi connectivity index (χ1v) is 3.90. The van der Waals surface area contributed by atoms with Gasteiger partial charge in [-0.15, -0.1) is 0 Å². The Labute approximate surface area is 58.8 Å². The van der Waals surface area contributed by atoms with E-state index in [1.54, 1.807) is 0 Å². The van der Waals surface area contributed by atoms with Crippen LogP contribution < -0.4 is 5.32 Å². The number of rotatable bonds is 5. The SMILES string of the molecule is CCCC[N]CC(C)C. The molecule has 0 amide bonds. The van der Waals surface area contributed by atoms with Crippen molar-refractivity contribution in [3.8, 4) is 0 Å². The third-order valence-electron chi connectivity index (χ3n) is 1.16. The van der Waals surface area contributed by atoms with Gasteiger partial charge in [0.1, 0.15) is 0 Å². The molecule has 0 unspecified atom stereocenters. The van der Waals surface area contributed by atoms with Gasteiger partial charge in [0.05, 0.1) is 0 Å². The lowest BCUT2D eigenvalue weighted by molar-refractivity contribution is 0.532. The average molecular weight is 128 g/mol. The summed E-state index contributed by atoms with van der Waals surface area (Å²) < 4.78 is 0. The summed E-state index contributed by atoms with van der Waals surface area (Å²) in [5, 5.41) is 4.36. The summed E-state index contributed by atoms with van der Waals surface area (Å²) in [5.74, 6) is 0.738. The Morgan fingerprint density at radius 3 is 2.44 bits per heavy atom. The second kappa shape index (κ2) is 6.09. The van der Waals surface area contributed by atoms with Gasteiger partial charge in [-0.25, -0.2) is 5.32 Å². The zero-order valence-corrected chi connectivity index (χ0v) is 6.85.